The number of nitrogens with two attached hydrogens (primary N) is 1. The van der Waals surface area contributed by atoms with Crippen molar-refractivity contribution in [3.05, 3.63) is 165 Å². The van der Waals surface area contributed by atoms with Crippen molar-refractivity contribution in [2.45, 2.75) is 44.2 Å². The lowest BCUT2D eigenvalue weighted by Crippen LogP contribution is -2.40. The summed E-state index contributed by atoms with van der Waals surface area (Å²) in [7, 11) is 0. The van der Waals surface area contributed by atoms with Crippen LogP contribution in [0.2, 0.25) is 0 Å². The van der Waals surface area contributed by atoms with Gasteiger partial charge in [0.2, 0.25) is 0 Å². The highest BCUT2D eigenvalue weighted by Gasteiger charge is 2.41. The van der Waals surface area contributed by atoms with Crippen molar-refractivity contribution in [3.63, 3.8) is 0 Å². The van der Waals surface area contributed by atoms with Crippen LogP contribution < -0.4 is 16.7 Å². The van der Waals surface area contributed by atoms with E-state index in [4.69, 9.17) is 15.2 Å². The van der Waals surface area contributed by atoms with Gasteiger partial charge in [-0.15, -0.1) is 0 Å². The van der Waals surface area contributed by atoms with Crippen molar-refractivity contribution in [2.75, 3.05) is 11.9 Å². The summed E-state index contributed by atoms with van der Waals surface area (Å²) in [5.41, 5.74) is 10.9. The molecule has 8 heteroatoms. The van der Waals surface area contributed by atoms with Crippen LogP contribution in [0.3, 0.4) is 0 Å². The minimum atomic E-state index is -0.930. The summed E-state index contributed by atoms with van der Waals surface area (Å²) in [6.45, 7) is 4.31. The van der Waals surface area contributed by atoms with E-state index in [1.54, 1.807) is 36.5 Å². The molecule has 3 N–H and O–H groups in total. The first kappa shape index (κ1) is 30.1. The second-order valence-electron chi connectivity index (χ2n) is 11.4. The molecule has 0 bridgehead atoms. The van der Waals surface area contributed by atoms with Gasteiger partial charge in [-0.2, -0.15) is 4.98 Å². The van der Waals surface area contributed by atoms with Gasteiger partial charge in [0.25, 0.3) is 5.91 Å². The fourth-order valence-corrected chi connectivity index (χ4v) is 5.77. The van der Waals surface area contributed by atoms with E-state index in [2.05, 4.69) is 84.8 Å². The smallest absolute Gasteiger partial charge is 0.351 e. The first-order valence-corrected chi connectivity index (χ1v) is 15.0. The number of carbonyl (C=O) groups excluding carboxylic acids is 1. The van der Waals surface area contributed by atoms with Crippen LogP contribution in [0.4, 0.5) is 5.82 Å². The largest absolute Gasteiger partial charge is 0.358 e. The molecule has 6 rings (SSSR count). The van der Waals surface area contributed by atoms with E-state index in [9.17, 15) is 9.59 Å². The molecule has 1 amide bonds. The first-order valence-electron chi connectivity index (χ1n) is 15.0. The van der Waals surface area contributed by atoms with Gasteiger partial charge in [-0.25, -0.2) is 4.79 Å². The van der Waals surface area contributed by atoms with Crippen molar-refractivity contribution in [1.29, 1.82) is 0 Å². The predicted octanol–water partition coefficient (Wildman–Crippen LogP) is 5.74. The van der Waals surface area contributed by atoms with E-state index in [0.29, 0.717) is 12.0 Å². The number of aromatic nitrogens is 2. The van der Waals surface area contributed by atoms with Crippen molar-refractivity contribution in [3.8, 4) is 0 Å². The first-order chi connectivity index (χ1) is 21.8. The molecule has 1 fully saturated rings. The Balaban J connectivity index is 1.25. The number of hydrogen-bond acceptors (Lipinski definition) is 6. The zero-order valence-electron chi connectivity index (χ0n) is 25.3. The average Bonchev–Trinajstić information content (AvgIpc) is 3.43. The Bertz CT molecular complexity index is 1760. The second-order valence-corrected chi connectivity index (χ2v) is 11.4. The molecule has 45 heavy (non-hydrogen) atoms. The van der Waals surface area contributed by atoms with Crippen molar-refractivity contribution in [2.24, 2.45) is 5.73 Å². The van der Waals surface area contributed by atoms with Crippen LogP contribution in [0, 0.1) is 13.8 Å². The summed E-state index contributed by atoms with van der Waals surface area (Å²) in [5, 5.41) is 2.68. The molecule has 0 radical (unpaired) electrons. The summed E-state index contributed by atoms with van der Waals surface area (Å²) in [6.07, 6.45) is 0.859. The molecule has 1 aromatic heterocycles. The van der Waals surface area contributed by atoms with Crippen molar-refractivity contribution in [1.82, 2.24) is 9.55 Å². The lowest BCUT2D eigenvalue weighted by Gasteiger charge is -2.37. The van der Waals surface area contributed by atoms with Gasteiger partial charge in [0.05, 0.1) is 12.7 Å². The van der Waals surface area contributed by atoms with Crippen LogP contribution in [0.25, 0.3) is 0 Å². The second kappa shape index (κ2) is 13.0. The van der Waals surface area contributed by atoms with Gasteiger partial charge in [0.1, 0.15) is 17.6 Å². The molecule has 5 aromatic rings. The number of hydrogen-bond donors (Lipinski definition) is 2. The van der Waals surface area contributed by atoms with Crippen LogP contribution in [0.5, 0.6) is 0 Å². The number of benzene rings is 4. The Morgan fingerprint density at radius 2 is 1.42 bits per heavy atom. The maximum atomic E-state index is 13.0. The van der Waals surface area contributed by atoms with E-state index in [1.807, 2.05) is 24.3 Å². The molecule has 228 valence electrons. The topological polar surface area (TPSA) is 108 Å². The summed E-state index contributed by atoms with van der Waals surface area (Å²) in [6, 6.07) is 36.8. The number of rotatable bonds is 9. The maximum Gasteiger partial charge on any atom is 0.351 e. The number of nitrogens with one attached hydrogen (secondary N) is 1. The highest BCUT2D eigenvalue weighted by Crippen LogP contribution is 2.41. The quantitative estimate of drug-likeness (QED) is 0.209. The van der Waals surface area contributed by atoms with E-state index in [1.165, 1.54) is 4.57 Å². The van der Waals surface area contributed by atoms with Gasteiger partial charge in [0, 0.05) is 24.2 Å². The Labute approximate surface area is 262 Å². The molecule has 3 atom stereocenters. The third kappa shape index (κ3) is 6.35. The highest BCUT2D eigenvalue weighted by atomic mass is 16.6. The fourth-order valence-electron chi connectivity index (χ4n) is 5.77. The molecular weight excluding hydrogens is 564 g/mol. The molecule has 2 heterocycles. The number of carbonyl (C=O) groups is 1. The molecule has 0 spiro atoms. The van der Waals surface area contributed by atoms with Gasteiger partial charge in [0.15, 0.2) is 0 Å². The number of anilines is 1. The van der Waals surface area contributed by atoms with E-state index in [-0.39, 0.29) is 24.4 Å². The molecule has 1 aliphatic heterocycles. The molecule has 0 aliphatic carbocycles. The Hall–Kier alpha value is -4.89. The standard InChI is InChI=1S/C37H36N4O4/c1-25-13-17-29(18-14-25)37(28-11-7-4-8-12-28,30-19-15-26(2)16-20-30)44-24-32-31(38)23-34(45-32)41-22-21-33(40-36(41)43)39-35(42)27-9-5-3-6-10-27/h3-22,31-32,34H,23-24,38H2,1-2H3,(H,39,40,42,43)/t31-,32+,34+/m0/s1. The molecule has 1 aliphatic rings. The lowest BCUT2D eigenvalue weighted by molar-refractivity contribution is -0.0796. The molecule has 0 unspecified atom stereocenters. The van der Waals surface area contributed by atoms with E-state index < -0.39 is 23.6 Å². The molecule has 1 saturated heterocycles. The zero-order chi connectivity index (χ0) is 31.4. The zero-order valence-corrected chi connectivity index (χ0v) is 25.3. The van der Waals surface area contributed by atoms with E-state index in [0.717, 1.165) is 27.8 Å². The minimum Gasteiger partial charge on any atom is -0.358 e. The average molecular weight is 601 g/mol. The SMILES string of the molecule is Cc1ccc(C(OC[C@H]2O[C@@H](n3ccc(NC(=O)c4ccccc4)nc3=O)C[C@@H]2N)(c2ccccc2)c2ccc(C)cc2)cc1. The lowest BCUT2D eigenvalue weighted by atomic mass is 9.79. The van der Waals surface area contributed by atoms with Crippen LogP contribution >= 0.6 is 0 Å². The van der Waals surface area contributed by atoms with Crippen LogP contribution in [-0.2, 0) is 15.1 Å². The van der Waals surface area contributed by atoms with Gasteiger partial charge in [-0.3, -0.25) is 9.36 Å². The van der Waals surface area contributed by atoms with Gasteiger partial charge in [-0.05, 0) is 48.7 Å². The number of nitrogens with zero attached hydrogens (tertiary/aromatic N) is 2. The van der Waals surface area contributed by atoms with Gasteiger partial charge < -0.3 is 20.5 Å². The van der Waals surface area contributed by atoms with Crippen LogP contribution in [0.1, 0.15) is 50.8 Å². The van der Waals surface area contributed by atoms with E-state index >= 15 is 0 Å². The molecular formula is C37H36N4O4. The summed E-state index contributed by atoms with van der Waals surface area (Å²) >= 11 is 0. The van der Waals surface area contributed by atoms with Crippen molar-refractivity contribution >= 4 is 11.7 Å². The monoisotopic (exact) mass is 600 g/mol. The normalized spacial score (nSPS) is 18.1. The highest BCUT2D eigenvalue weighted by molar-refractivity contribution is 6.03. The number of ether oxygens (including phenoxy) is 2. The Morgan fingerprint density at radius 1 is 0.867 bits per heavy atom. The van der Waals surface area contributed by atoms with Crippen LogP contribution in [-0.4, -0.2) is 34.2 Å². The van der Waals surface area contributed by atoms with Gasteiger partial charge in [-0.1, -0.05) is 108 Å². The Morgan fingerprint density at radius 3 is 2.00 bits per heavy atom. The summed E-state index contributed by atoms with van der Waals surface area (Å²) in [4.78, 5) is 29.6. The third-order valence-corrected chi connectivity index (χ3v) is 8.26. The van der Waals surface area contributed by atoms with Crippen LogP contribution in [0.15, 0.2) is 126 Å². The summed E-state index contributed by atoms with van der Waals surface area (Å²) in [5.74, 6) is -0.184. The molecule has 8 nitrogen and oxygen atoms in total. The Kier molecular flexibility index (Phi) is 8.71. The number of amides is 1. The van der Waals surface area contributed by atoms with Crippen molar-refractivity contribution < 1.29 is 14.3 Å². The fraction of sp³-hybridized carbons (Fsp3) is 0.216. The summed E-state index contributed by atoms with van der Waals surface area (Å²) < 4.78 is 14.7. The number of aryl methyl sites for hydroxylation is 2. The predicted molar refractivity (Wildman–Crippen MR) is 174 cm³/mol. The third-order valence-electron chi connectivity index (χ3n) is 8.26. The minimum absolute atomic E-state index is 0.163. The molecule has 0 saturated carbocycles. The molecule has 4 aromatic carbocycles. The van der Waals surface area contributed by atoms with Gasteiger partial charge >= 0.3 is 5.69 Å². The maximum absolute atomic E-state index is 13.0.